The van der Waals surface area contributed by atoms with Crippen LogP contribution in [-0.4, -0.2) is 13.1 Å². The van der Waals surface area contributed by atoms with Crippen LogP contribution in [0, 0.1) is 5.92 Å². The van der Waals surface area contributed by atoms with Crippen LogP contribution in [-0.2, 0) is 0 Å². The van der Waals surface area contributed by atoms with Gasteiger partial charge in [-0.1, -0.05) is 68.3 Å². The highest BCUT2D eigenvalue weighted by molar-refractivity contribution is 5.64. The number of nitrogens with one attached hydrogen (secondary N) is 1. The first-order valence-electron chi connectivity index (χ1n) is 11.1. The molecule has 0 aromatic heterocycles. The van der Waals surface area contributed by atoms with Gasteiger partial charge in [-0.15, -0.1) is 0 Å². The highest BCUT2D eigenvalue weighted by Gasteiger charge is 2.21. The average molecular weight is 362 g/mol. The molecule has 1 nitrogen and oxygen atoms in total. The Hall–Kier alpha value is -1.60. The van der Waals surface area contributed by atoms with Gasteiger partial charge < -0.3 is 5.32 Å². The van der Waals surface area contributed by atoms with Gasteiger partial charge in [-0.3, -0.25) is 0 Å². The van der Waals surface area contributed by atoms with Gasteiger partial charge in [0.1, 0.15) is 0 Å². The van der Waals surface area contributed by atoms with Crippen molar-refractivity contribution in [2.45, 2.75) is 76.2 Å². The van der Waals surface area contributed by atoms with E-state index in [1.165, 1.54) is 68.1 Å². The van der Waals surface area contributed by atoms with E-state index in [1.54, 1.807) is 5.56 Å². The Balaban J connectivity index is 1.40. The van der Waals surface area contributed by atoms with Crippen LogP contribution < -0.4 is 5.32 Å². The summed E-state index contributed by atoms with van der Waals surface area (Å²) in [7, 11) is 2.10. The molecule has 2 aromatic rings. The van der Waals surface area contributed by atoms with Gasteiger partial charge in [-0.2, -0.15) is 0 Å². The third-order valence-corrected chi connectivity index (χ3v) is 7.25. The lowest BCUT2D eigenvalue weighted by atomic mass is 9.79. The Morgan fingerprint density at radius 2 is 1.00 bits per heavy atom. The first kappa shape index (κ1) is 18.7. The standard InChI is InChI=1S/C26H35N/c1-19-3-5-20(6-4-19)21-7-9-22(10-8-21)23-11-13-24(14-12-23)25-15-17-26(27-2)18-16-25/h7-14,19-20,25-27H,3-6,15-18H2,1-2H3. The molecule has 4 rings (SSSR count). The molecule has 0 amide bonds. The van der Waals surface area contributed by atoms with Crippen molar-refractivity contribution >= 4 is 0 Å². The Bertz CT molecular complexity index is 699. The van der Waals surface area contributed by atoms with Crippen LogP contribution >= 0.6 is 0 Å². The van der Waals surface area contributed by atoms with Crippen LogP contribution in [0.25, 0.3) is 11.1 Å². The van der Waals surface area contributed by atoms with E-state index >= 15 is 0 Å². The van der Waals surface area contributed by atoms with Gasteiger partial charge >= 0.3 is 0 Å². The Morgan fingerprint density at radius 3 is 1.41 bits per heavy atom. The van der Waals surface area contributed by atoms with Gasteiger partial charge in [0.25, 0.3) is 0 Å². The maximum absolute atomic E-state index is 3.44. The van der Waals surface area contributed by atoms with E-state index in [0.717, 1.165) is 23.8 Å². The van der Waals surface area contributed by atoms with Gasteiger partial charge in [-0.25, -0.2) is 0 Å². The molecule has 0 unspecified atom stereocenters. The van der Waals surface area contributed by atoms with Crippen LogP contribution in [0.5, 0.6) is 0 Å². The highest BCUT2D eigenvalue weighted by atomic mass is 14.9. The summed E-state index contributed by atoms with van der Waals surface area (Å²) < 4.78 is 0. The Labute approximate surface area is 165 Å². The van der Waals surface area contributed by atoms with Crippen molar-refractivity contribution in [2.75, 3.05) is 7.05 Å². The van der Waals surface area contributed by atoms with Gasteiger partial charge in [-0.05, 0) is 85.6 Å². The summed E-state index contributed by atoms with van der Waals surface area (Å²) in [6.45, 7) is 2.40. The molecule has 2 aliphatic rings. The van der Waals surface area contributed by atoms with Gasteiger partial charge in [0.15, 0.2) is 0 Å². The van der Waals surface area contributed by atoms with Crippen LogP contribution in [0.1, 0.15) is 81.3 Å². The van der Waals surface area contributed by atoms with Crippen LogP contribution in [0.2, 0.25) is 0 Å². The Kier molecular flexibility index (Phi) is 5.98. The molecule has 0 atom stereocenters. The Morgan fingerprint density at radius 1 is 0.593 bits per heavy atom. The summed E-state index contributed by atoms with van der Waals surface area (Å²) in [6, 6.07) is 19.6. The lowest BCUT2D eigenvalue weighted by Crippen LogP contribution is -2.29. The smallest absolute Gasteiger partial charge is 0.00644 e. The van der Waals surface area contributed by atoms with Gasteiger partial charge in [0.2, 0.25) is 0 Å². The molecule has 1 heteroatoms. The molecular weight excluding hydrogens is 326 g/mol. The minimum absolute atomic E-state index is 0.728. The lowest BCUT2D eigenvalue weighted by molar-refractivity contribution is 0.348. The predicted octanol–water partition coefficient (Wildman–Crippen LogP) is 6.89. The molecule has 2 saturated carbocycles. The first-order chi connectivity index (χ1) is 13.2. The fourth-order valence-corrected chi connectivity index (χ4v) is 5.20. The van der Waals surface area contributed by atoms with E-state index in [9.17, 15) is 0 Å². The first-order valence-corrected chi connectivity index (χ1v) is 11.1. The fourth-order valence-electron chi connectivity index (χ4n) is 5.20. The normalized spacial score (nSPS) is 28.8. The molecular formula is C26H35N. The number of hydrogen-bond acceptors (Lipinski definition) is 1. The predicted molar refractivity (Wildman–Crippen MR) is 116 cm³/mol. The van der Waals surface area contributed by atoms with Crippen molar-refractivity contribution in [3.63, 3.8) is 0 Å². The summed E-state index contributed by atoms with van der Waals surface area (Å²) in [5.74, 6) is 2.46. The van der Waals surface area contributed by atoms with Crippen molar-refractivity contribution in [1.29, 1.82) is 0 Å². The second-order valence-corrected chi connectivity index (χ2v) is 9.04. The molecule has 0 radical (unpaired) electrons. The lowest BCUT2D eigenvalue weighted by Gasteiger charge is -2.28. The highest BCUT2D eigenvalue weighted by Crippen LogP contribution is 2.37. The van der Waals surface area contributed by atoms with E-state index in [4.69, 9.17) is 0 Å². The van der Waals surface area contributed by atoms with Crippen molar-refractivity contribution in [3.8, 4) is 11.1 Å². The summed E-state index contributed by atoms with van der Waals surface area (Å²) in [5.41, 5.74) is 5.78. The maximum atomic E-state index is 3.44. The zero-order valence-electron chi connectivity index (χ0n) is 17.1. The van der Waals surface area contributed by atoms with E-state index in [2.05, 4.69) is 67.8 Å². The van der Waals surface area contributed by atoms with Crippen LogP contribution in [0.15, 0.2) is 48.5 Å². The van der Waals surface area contributed by atoms with E-state index in [0.29, 0.717) is 0 Å². The van der Waals surface area contributed by atoms with Gasteiger partial charge in [0.05, 0.1) is 0 Å². The fraction of sp³-hybridized carbons (Fsp3) is 0.538. The summed E-state index contributed by atoms with van der Waals surface area (Å²) >= 11 is 0. The third-order valence-electron chi connectivity index (χ3n) is 7.25. The van der Waals surface area contributed by atoms with E-state index in [-0.39, 0.29) is 0 Å². The van der Waals surface area contributed by atoms with E-state index in [1.807, 2.05) is 0 Å². The van der Waals surface area contributed by atoms with Crippen molar-refractivity contribution < 1.29 is 0 Å². The zero-order chi connectivity index (χ0) is 18.6. The molecule has 0 saturated heterocycles. The maximum Gasteiger partial charge on any atom is 0.00644 e. The average Bonchev–Trinajstić information content (AvgIpc) is 2.75. The number of hydrogen-bond donors (Lipinski definition) is 1. The summed E-state index contributed by atoms with van der Waals surface area (Å²) in [5, 5.41) is 3.44. The minimum atomic E-state index is 0.728. The molecule has 0 heterocycles. The SMILES string of the molecule is CNC1CCC(c2ccc(-c3ccc(C4CCC(C)CC4)cc3)cc2)CC1. The summed E-state index contributed by atoms with van der Waals surface area (Å²) in [6.07, 6.45) is 10.8. The minimum Gasteiger partial charge on any atom is -0.317 e. The van der Waals surface area contributed by atoms with Gasteiger partial charge in [0, 0.05) is 6.04 Å². The number of benzene rings is 2. The number of rotatable bonds is 4. The van der Waals surface area contributed by atoms with Crippen LogP contribution in [0.4, 0.5) is 0 Å². The van der Waals surface area contributed by atoms with Crippen LogP contribution in [0.3, 0.4) is 0 Å². The molecule has 0 spiro atoms. The van der Waals surface area contributed by atoms with E-state index < -0.39 is 0 Å². The zero-order valence-corrected chi connectivity index (χ0v) is 17.1. The van der Waals surface area contributed by atoms with Crippen molar-refractivity contribution in [3.05, 3.63) is 59.7 Å². The topological polar surface area (TPSA) is 12.0 Å². The molecule has 0 aliphatic heterocycles. The molecule has 144 valence electrons. The second-order valence-electron chi connectivity index (χ2n) is 9.04. The molecule has 0 bridgehead atoms. The molecule has 2 aliphatic carbocycles. The molecule has 27 heavy (non-hydrogen) atoms. The van der Waals surface area contributed by atoms with Crippen molar-refractivity contribution in [1.82, 2.24) is 5.32 Å². The monoisotopic (exact) mass is 361 g/mol. The summed E-state index contributed by atoms with van der Waals surface area (Å²) in [4.78, 5) is 0. The third kappa shape index (κ3) is 4.46. The molecule has 1 N–H and O–H groups in total. The molecule has 2 aromatic carbocycles. The molecule has 2 fully saturated rings. The second kappa shape index (κ2) is 8.61. The quantitative estimate of drug-likeness (QED) is 0.625. The van der Waals surface area contributed by atoms with Crippen molar-refractivity contribution in [2.24, 2.45) is 5.92 Å². The largest absolute Gasteiger partial charge is 0.317 e.